The third-order valence-electron chi connectivity index (χ3n) is 0.531. The van der Waals surface area contributed by atoms with Crippen molar-refractivity contribution in [1.82, 2.24) is 5.32 Å². The molecule has 0 spiro atoms. The number of aliphatic carboxylic acids is 1. The molecule has 52 valence electrons. The molecule has 0 heterocycles. The molecule has 0 saturated carbocycles. The summed E-state index contributed by atoms with van der Waals surface area (Å²) in [6.45, 7) is 0. The number of carboxylic acids is 1. The van der Waals surface area contributed by atoms with Crippen molar-refractivity contribution >= 4 is 23.0 Å². The van der Waals surface area contributed by atoms with Crippen molar-refractivity contribution < 1.29 is 14.7 Å². The van der Waals surface area contributed by atoms with E-state index in [-0.39, 0.29) is 11.0 Å². The zero-order valence-electron chi connectivity index (χ0n) is 4.88. The third-order valence-corrected chi connectivity index (χ3v) is 1.39. The van der Waals surface area contributed by atoms with Crippen LogP contribution in [0.3, 0.4) is 0 Å². The Balaban J connectivity index is 3.28. The van der Waals surface area contributed by atoms with Crippen LogP contribution in [-0.4, -0.2) is 29.1 Å². The maximum absolute atomic E-state index is 10.3. The van der Waals surface area contributed by atoms with Gasteiger partial charge in [0.2, 0.25) is 0 Å². The highest BCUT2D eigenvalue weighted by Crippen LogP contribution is 1.98. The molecule has 0 aliphatic rings. The second-order valence-corrected chi connectivity index (χ2v) is 2.17. The van der Waals surface area contributed by atoms with Crippen LogP contribution in [-0.2, 0) is 4.79 Å². The fraction of sp³-hybridized carbons (Fsp3) is 0.500. The van der Waals surface area contributed by atoms with Gasteiger partial charge in [0.05, 0.1) is 0 Å². The number of rotatable bonds is 2. The molecule has 0 aliphatic carbocycles. The van der Waals surface area contributed by atoms with E-state index in [1.807, 2.05) is 0 Å². The topological polar surface area (TPSA) is 66.4 Å². The Morgan fingerprint density at radius 2 is 2.22 bits per heavy atom. The van der Waals surface area contributed by atoms with Gasteiger partial charge in [0.1, 0.15) is 5.75 Å². The van der Waals surface area contributed by atoms with E-state index in [9.17, 15) is 9.59 Å². The van der Waals surface area contributed by atoms with E-state index < -0.39 is 5.97 Å². The van der Waals surface area contributed by atoms with Crippen molar-refractivity contribution in [2.24, 2.45) is 0 Å². The highest BCUT2D eigenvalue weighted by Gasteiger charge is 2.01. The first-order chi connectivity index (χ1) is 4.16. The van der Waals surface area contributed by atoms with Crippen LogP contribution in [0.5, 0.6) is 0 Å². The standard InChI is InChI=1S/C4H7NO3S/c1-5-4(8)9-2-3(6)7/h2H2,1H3,(H,5,8)(H,6,7). The van der Waals surface area contributed by atoms with Gasteiger partial charge < -0.3 is 10.4 Å². The number of hydrogen-bond acceptors (Lipinski definition) is 3. The third kappa shape index (κ3) is 5.16. The van der Waals surface area contributed by atoms with E-state index in [2.05, 4.69) is 5.32 Å². The molecule has 2 N–H and O–H groups in total. The predicted octanol–water partition coefficient (Wildman–Crippen LogP) is 0.144. The van der Waals surface area contributed by atoms with Crippen LogP contribution < -0.4 is 5.32 Å². The van der Waals surface area contributed by atoms with Gasteiger partial charge in [-0.15, -0.1) is 0 Å². The monoisotopic (exact) mass is 149 g/mol. The van der Waals surface area contributed by atoms with E-state index in [4.69, 9.17) is 5.11 Å². The quantitative estimate of drug-likeness (QED) is 0.586. The lowest BCUT2D eigenvalue weighted by atomic mass is 10.8. The van der Waals surface area contributed by atoms with Gasteiger partial charge in [-0.1, -0.05) is 11.8 Å². The van der Waals surface area contributed by atoms with Gasteiger partial charge in [0, 0.05) is 7.05 Å². The molecule has 1 amide bonds. The molecule has 0 radical (unpaired) electrons. The second kappa shape index (κ2) is 4.20. The summed E-state index contributed by atoms with van der Waals surface area (Å²) in [6, 6.07) is 0. The Labute approximate surface area is 56.6 Å². The second-order valence-electron chi connectivity index (χ2n) is 1.22. The number of amides is 1. The van der Waals surface area contributed by atoms with Gasteiger partial charge in [0.15, 0.2) is 0 Å². The molecule has 0 aromatic rings. The van der Waals surface area contributed by atoms with Crippen LogP contribution in [0, 0.1) is 0 Å². The zero-order chi connectivity index (χ0) is 7.28. The fourth-order valence-corrected chi connectivity index (χ4v) is 0.598. The molecule has 0 aliphatic heterocycles. The SMILES string of the molecule is CNC(=O)SCC(=O)O. The van der Waals surface area contributed by atoms with E-state index >= 15 is 0 Å². The van der Waals surface area contributed by atoms with Crippen LogP contribution in [0.2, 0.25) is 0 Å². The lowest BCUT2D eigenvalue weighted by Crippen LogP contribution is -2.13. The van der Waals surface area contributed by atoms with E-state index in [1.54, 1.807) is 0 Å². The molecule has 0 aromatic carbocycles. The largest absolute Gasteiger partial charge is 0.481 e. The van der Waals surface area contributed by atoms with E-state index in [1.165, 1.54) is 7.05 Å². The number of carbonyl (C=O) groups excluding carboxylic acids is 1. The molecule has 0 atom stereocenters. The first-order valence-corrected chi connectivity index (χ1v) is 3.21. The Morgan fingerprint density at radius 1 is 1.67 bits per heavy atom. The molecule has 5 heteroatoms. The Bertz CT molecular complexity index is 125. The minimum atomic E-state index is -0.983. The fourth-order valence-electron chi connectivity index (χ4n) is 0.199. The molecule has 0 unspecified atom stereocenters. The highest BCUT2D eigenvalue weighted by atomic mass is 32.2. The smallest absolute Gasteiger partial charge is 0.314 e. The van der Waals surface area contributed by atoms with Gasteiger partial charge in [-0.25, -0.2) is 0 Å². The molecule has 4 nitrogen and oxygen atoms in total. The molecule has 0 fully saturated rings. The van der Waals surface area contributed by atoms with Gasteiger partial charge in [-0.2, -0.15) is 0 Å². The summed E-state index contributed by atoms with van der Waals surface area (Å²) >= 11 is 0.735. The van der Waals surface area contributed by atoms with Crippen molar-refractivity contribution in [3.8, 4) is 0 Å². The molecule has 0 saturated heterocycles. The summed E-state index contributed by atoms with van der Waals surface area (Å²) in [5, 5.41) is 10.0. The van der Waals surface area contributed by atoms with Crippen molar-refractivity contribution in [2.45, 2.75) is 0 Å². The maximum Gasteiger partial charge on any atom is 0.314 e. The summed E-state index contributed by atoms with van der Waals surface area (Å²) in [5.74, 6) is -1.16. The molecule has 0 aromatic heterocycles. The minimum Gasteiger partial charge on any atom is -0.481 e. The van der Waals surface area contributed by atoms with Crippen molar-refractivity contribution in [3.63, 3.8) is 0 Å². The number of hydrogen-bond donors (Lipinski definition) is 2. The molecule has 0 bridgehead atoms. The summed E-state index contributed by atoms with van der Waals surface area (Å²) in [5.41, 5.74) is 0. The number of nitrogens with one attached hydrogen (secondary N) is 1. The average molecular weight is 149 g/mol. The first-order valence-electron chi connectivity index (χ1n) is 2.23. The lowest BCUT2D eigenvalue weighted by Gasteiger charge is -1.92. The first kappa shape index (κ1) is 8.29. The highest BCUT2D eigenvalue weighted by molar-refractivity contribution is 8.14. The Kier molecular flexibility index (Phi) is 3.87. The normalized spacial score (nSPS) is 8.56. The average Bonchev–Trinajstić information content (AvgIpc) is 1.83. The van der Waals surface area contributed by atoms with Gasteiger partial charge >= 0.3 is 5.97 Å². The van der Waals surface area contributed by atoms with Crippen LogP contribution in [0.4, 0.5) is 4.79 Å². The molecular formula is C4H7NO3S. The summed E-state index contributed by atoms with van der Waals surface area (Å²) in [4.78, 5) is 20.1. The Morgan fingerprint density at radius 3 is 2.56 bits per heavy atom. The van der Waals surface area contributed by atoms with E-state index in [0.717, 1.165) is 11.8 Å². The molecular weight excluding hydrogens is 142 g/mol. The van der Waals surface area contributed by atoms with Crippen LogP contribution in [0.1, 0.15) is 0 Å². The van der Waals surface area contributed by atoms with Crippen LogP contribution >= 0.6 is 11.8 Å². The summed E-state index contributed by atoms with van der Waals surface area (Å²) in [6.07, 6.45) is 0. The molecule has 9 heavy (non-hydrogen) atoms. The van der Waals surface area contributed by atoms with Crippen LogP contribution in [0.25, 0.3) is 0 Å². The number of carboxylic acid groups (broad SMARTS) is 1. The van der Waals surface area contributed by atoms with Crippen molar-refractivity contribution in [3.05, 3.63) is 0 Å². The predicted molar refractivity (Wildman–Crippen MR) is 34.5 cm³/mol. The molecule has 0 rings (SSSR count). The lowest BCUT2D eigenvalue weighted by molar-refractivity contribution is -0.133. The van der Waals surface area contributed by atoms with Crippen LogP contribution in [0.15, 0.2) is 0 Å². The number of carbonyl (C=O) groups is 2. The number of thioether (sulfide) groups is 1. The summed E-state index contributed by atoms with van der Waals surface area (Å²) < 4.78 is 0. The zero-order valence-corrected chi connectivity index (χ0v) is 5.70. The van der Waals surface area contributed by atoms with Crippen molar-refractivity contribution in [1.29, 1.82) is 0 Å². The minimum absolute atomic E-state index is 0.181. The van der Waals surface area contributed by atoms with Gasteiger partial charge in [-0.05, 0) is 0 Å². The van der Waals surface area contributed by atoms with Gasteiger partial charge in [-0.3, -0.25) is 9.59 Å². The summed E-state index contributed by atoms with van der Waals surface area (Å²) in [7, 11) is 1.46. The van der Waals surface area contributed by atoms with Crippen molar-refractivity contribution in [2.75, 3.05) is 12.8 Å². The van der Waals surface area contributed by atoms with E-state index in [0.29, 0.717) is 0 Å². The van der Waals surface area contributed by atoms with Gasteiger partial charge in [0.25, 0.3) is 5.24 Å². The Hall–Kier alpha value is -0.710. The maximum atomic E-state index is 10.3.